The summed E-state index contributed by atoms with van der Waals surface area (Å²) in [6.07, 6.45) is 0. The molecule has 2 rings (SSSR count). The summed E-state index contributed by atoms with van der Waals surface area (Å²) in [5.41, 5.74) is 1.28. The third-order valence-electron chi connectivity index (χ3n) is 3.42. The van der Waals surface area contributed by atoms with E-state index >= 15 is 0 Å². The number of hydrogen-bond acceptors (Lipinski definition) is 4. The van der Waals surface area contributed by atoms with Gasteiger partial charge in [-0.05, 0) is 23.6 Å². The molecule has 0 bridgehead atoms. The number of nitrogens with one attached hydrogen (secondary N) is 1. The van der Waals surface area contributed by atoms with Crippen molar-refractivity contribution >= 4 is 0 Å². The number of rotatable bonds is 6. The highest BCUT2D eigenvalue weighted by Gasteiger charge is 2.12. The fourth-order valence-electron chi connectivity index (χ4n) is 2.31. The van der Waals surface area contributed by atoms with Gasteiger partial charge in [0.25, 0.3) is 0 Å². The zero-order chi connectivity index (χ0) is 14.4. The van der Waals surface area contributed by atoms with Gasteiger partial charge in [-0.15, -0.1) is 0 Å². The molecule has 0 spiro atoms. The molecule has 0 atom stereocenters. The Morgan fingerprint density at radius 1 is 1.20 bits per heavy atom. The zero-order valence-electron chi connectivity index (χ0n) is 12.8. The van der Waals surface area contributed by atoms with Gasteiger partial charge in [0.15, 0.2) is 11.5 Å². The van der Waals surface area contributed by atoms with Gasteiger partial charge in [-0.3, -0.25) is 4.90 Å². The van der Waals surface area contributed by atoms with E-state index in [0.29, 0.717) is 12.5 Å². The maximum Gasteiger partial charge on any atom is 0.161 e. The highest BCUT2D eigenvalue weighted by Crippen LogP contribution is 2.29. The molecule has 1 aliphatic heterocycles. The smallest absolute Gasteiger partial charge is 0.161 e. The third-order valence-corrected chi connectivity index (χ3v) is 3.42. The summed E-state index contributed by atoms with van der Waals surface area (Å²) < 4.78 is 11.2. The molecule has 0 amide bonds. The van der Waals surface area contributed by atoms with Crippen LogP contribution >= 0.6 is 0 Å². The minimum atomic E-state index is 0.514. The predicted molar refractivity (Wildman–Crippen MR) is 81.5 cm³/mol. The summed E-state index contributed by atoms with van der Waals surface area (Å²) in [6.45, 7) is 10.3. The van der Waals surface area contributed by atoms with E-state index in [1.807, 2.05) is 6.07 Å². The van der Waals surface area contributed by atoms with Crippen molar-refractivity contribution in [2.24, 2.45) is 5.92 Å². The van der Waals surface area contributed by atoms with E-state index in [1.54, 1.807) is 7.11 Å². The van der Waals surface area contributed by atoms with Gasteiger partial charge in [0.1, 0.15) is 0 Å². The quantitative estimate of drug-likeness (QED) is 0.864. The lowest BCUT2D eigenvalue weighted by Crippen LogP contribution is -2.42. The molecule has 0 unspecified atom stereocenters. The van der Waals surface area contributed by atoms with Crippen molar-refractivity contribution in [2.75, 3.05) is 39.9 Å². The molecular weight excluding hydrogens is 252 g/mol. The molecule has 0 radical (unpaired) electrons. The minimum Gasteiger partial charge on any atom is -0.493 e. The summed E-state index contributed by atoms with van der Waals surface area (Å²) >= 11 is 0. The molecule has 1 aromatic rings. The lowest BCUT2D eigenvalue weighted by molar-refractivity contribution is 0.232. The summed E-state index contributed by atoms with van der Waals surface area (Å²) in [5, 5.41) is 3.37. The Morgan fingerprint density at radius 3 is 2.60 bits per heavy atom. The van der Waals surface area contributed by atoms with Crippen molar-refractivity contribution in [3.05, 3.63) is 23.8 Å². The van der Waals surface area contributed by atoms with E-state index < -0.39 is 0 Å². The maximum atomic E-state index is 5.79. The third kappa shape index (κ3) is 4.39. The van der Waals surface area contributed by atoms with Crippen molar-refractivity contribution in [2.45, 2.75) is 20.4 Å². The number of ether oxygens (including phenoxy) is 2. The second-order valence-corrected chi connectivity index (χ2v) is 5.72. The first-order chi connectivity index (χ1) is 9.69. The SMILES string of the molecule is COc1cc(CN2CCNCC2)ccc1OCC(C)C. The fourth-order valence-corrected chi connectivity index (χ4v) is 2.31. The van der Waals surface area contributed by atoms with Crippen LogP contribution in [0.1, 0.15) is 19.4 Å². The molecular formula is C16H26N2O2. The lowest BCUT2D eigenvalue weighted by Gasteiger charge is -2.27. The van der Waals surface area contributed by atoms with Crippen LogP contribution in [0.2, 0.25) is 0 Å². The van der Waals surface area contributed by atoms with E-state index in [9.17, 15) is 0 Å². The van der Waals surface area contributed by atoms with Crippen molar-refractivity contribution < 1.29 is 9.47 Å². The van der Waals surface area contributed by atoms with E-state index in [4.69, 9.17) is 9.47 Å². The van der Waals surface area contributed by atoms with Gasteiger partial charge in [0, 0.05) is 32.7 Å². The Kier molecular flexibility index (Phi) is 5.68. The monoisotopic (exact) mass is 278 g/mol. The Hall–Kier alpha value is -1.26. The molecule has 4 heteroatoms. The van der Waals surface area contributed by atoms with Gasteiger partial charge >= 0.3 is 0 Å². The Morgan fingerprint density at radius 2 is 1.95 bits per heavy atom. The van der Waals surface area contributed by atoms with E-state index in [2.05, 4.69) is 36.2 Å². The first-order valence-electron chi connectivity index (χ1n) is 7.42. The second-order valence-electron chi connectivity index (χ2n) is 5.72. The van der Waals surface area contributed by atoms with Crippen LogP contribution in [-0.2, 0) is 6.54 Å². The number of nitrogens with zero attached hydrogens (tertiary/aromatic N) is 1. The van der Waals surface area contributed by atoms with Crippen LogP contribution < -0.4 is 14.8 Å². The molecule has 0 saturated carbocycles. The van der Waals surface area contributed by atoms with Crippen molar-refractivity contribution in [1.29, 1.82) is 0 Å². The van der Waals surface area contributed by atoms with Gasteiger partial charge in [-0.2, -0.15) is 0 Å². The van der Waals surface area contributed by atoms with Crippen LogP contribution in [-0.4, -0.2) is 44.8 Å². The van der Waals surface area contributed by atoms with Gasteiger partial charge < -0.3 is 14.8 Å². The number of piperazine rings is 1. The van der Waals surface area contributed by atoms with E-state index in [1.165, 1.54) is 5.56 Å². The summed E-state index contributed by atoms with van der Waals surface area (Å²) in [7, 11) is 1.70. The molecule has 1 saturated heterocycles. The van der Waals surface area contributed by atoms with Crippen LogP contribution in [0.5, 0.6) is 11.5 Å². The first kappa shape index (κ1) is 15.1. The van der Waals surface area contributed by atoms with Crippen LogP contribution in [0.15, 0.2) is 18.2 Å². The Balaban J connectivity index is 2.00. The van der Waals surface area contributed by atoms with Crippen molar-refractivity contribution in [1.82, 2.24) is 10.2 Å². The van der Waals surface area contributed by atoms with Crippen LogP contribution in [0.4, 0.5) is 0 Å². The topological polar surface area (TPSA) is 33.7 Å². The fraction of sp³-hybridized carbons (Fsp3) is 0.625. The van der Waals surface area contributed by atoms with Crippen molar-refractivity contribution in [3.63, 3.8) is 0 Å². The summed E-state index contributed by atoms with van der Waals surface area (Å²) in [6, 6.07) is 6.26. The number of hydrogen-bond donors (Lipinski definition) is 1. The molecule has 1 aliphatic rings. The van der Waals surface area contributed by atoms with Crippen molar-refractivity contribution in [3.8, 4) is 11.5 Å². The highest BCUT2D eigenvalue weighted by atomic mass is 16.5. The summed E-state index contributed by atoms with van der Waals surface area (Å²) in [4.78, 5) is 2.46. The Labute approximate surface area is 122 Å². The standard InChI is InChI=1S/C16H26N2O2/c1-13(2)12-20-15-5-4-14(10-16(15)19-3)11-18-8-6-17-7-9-18/h4-5,10,13,17H,6-9,11-12H2,1-3H3. The Bertz CT molecular complexity index is 415. The minimum absolute atomic E-state index is 0.514. The molecule has 112 valence electrons. The van der Waals surface area contributed by atoms with Crippen LogP contribution in [0.25, 0.3) is 0 Å². The molecule has 1 aromatic carbocycles. The normalized spacial score (nSPS) is 16.4. The van der Waals surface area contributed by atoms with Gasteiger partial charge in [0.2, 0.25) is 0 Å². The highest BCUT2D eigenvalue weighted by molar-refractivity contribution is 5.43. The number of benzene rings is 1. The second kappa shape index (κ2) is 7.50. The molecule has 1 heterocycles. The maximum absolute atomic E-state index is 5.79. The zero-order valence-corrected chi connectivity index (χ0v) is 12.8. The molecule has 20 heavy (non-hydrogen) atoms. The average molecular weight is 278 g/mol. The number of methoxy groups -OCH3 is 1. The van der Waals surface area contributed by atoms with Gasteiger partial charge in [0.05, 0.1) is 13.7 Å². The molecule has 0 aliphatic carbocycles. The van der Waals surface area contributed by atoms with E-state index in [-0.39, 0.29) is 0 Å². The lowest BCUT2D eigenvalue weighted by atomic mass is 10.1. The van der Waals surface area contributed by atoms with Gasteiger partial charge in [-0.1, -0.05) is 19.9 Å². The first-order valence-corrected chi connectivity index (χ1v) is 7.42. The van der Waals surface area contributed by atoms with Crippen LogP contribution in [0.3, 0.4) is 0 Å². The van der Waals surface area contributed by atoms with E-state index in [0.717, 1.165) is 44.2 Å². The van der Waals surface area contributed by atoms with Crippen LogP contribution in [0, 0.1) is 5.92 Å². The summed E-state index contributed by atoms with van der Waals surface area (Å²) in [5.74, 6) is 2.18. The molecule has 1 fully saturated rings. The molecule has 4 nitrogen and oxygen atoms in total. The predicted octanol–water partition coefficient (Wildman–Crippen LogP) is 2.14. The molecule has 0 aromatic heterocycles. The molecule has 1 N–H and O–H groups in total. The van der Waals surface area contributed by atoms with Gasteiger partial charge in [-0.25, -0.2) is 0 Å². The average Bonchev–Trinajstić information content (AvgIpc) is 2.46. The largest absolute Gasteiger partial charge is 0.493 e.